The minimum absolute atomic E-state index is 0.0159. The summed E-state index contributed by atoms with van der Waals surface area (Å²) in [6, 6.07) is 2.51. The Morgan fingerprint density at radius 1 is 1.33 bits per heavy atom. The summed E-state index contributed by atoms with van der Waals surface area (Å²) < 4.78 is 0. The number of hydrogen-bond donors (Lipinski definition) is 2. The molecule has 0 saturated carbocycles. The summed E-state index contributed by atoms with van der Waals surface area (Å²) in [5, 5.41) is 8.45. The molecule has 1 heterocycles. The first-order chi connectivity index (χ1) is 9.99. The number of nitrogens with one attached hydrogen (secondary N) is 2. The smallest absolute Gasteiger partial charge is 0.221 e. The SMILES string of the molecule is CCC(CC)C(CNCc1sccc1NC(C)=O)N(C)C. The molecule has 4 nitrogen and oxygen atoms in total. The van der Waals surface area contributed by atoms with Gasteiger partial charge in [-0.05, 0) is 31.5 Å². The molecule has 0 aliphatic heterocycles. The van der Waals surface area contributed by atoms with Crippen LogP contribution in [0.15, 0.2) is 11.4 Å². The molecule has 0 aromatic carbocycles. The molecule has 0 radical (unpaired) electrons. The van der Waals surface area contributed by atoms with Crippen LogP contribution in [0.4, 0.5) is 5.69 Å². The standard InChI is InChI=1S/C16H29N3OS/c1-6-13(7-2)15(19(4)5)10-17-11-16-14(8-9-21-16)18-12(3)20/h8-9,13,15,17H,6-7,10-11H2,1-5H3,(H,18,20). The van der Waals surface area contributed by atoms with Crippen LogP contribution in [0.3, 0.4) is 0 Å². The van der Waals surface area contributed by atoms with Gasteiger partial charge < -0.3 is 15.5 Å². The van der Waals surface area contributed by atoms with Crippen molar-refractivity contribution in [3.8, 4) is 0 Å². The summed E-state index contributed by atoms with van der Waals surface area (Å²) in [5.41, 5.74) is 0.934. The lowest BCUT2D eigenvalue weighted by molar-refractivity contribution is -0.114. The van der Waals surface area contributed by atoms with Gasteiger partial charge in [-0.25, -0.2) is 0 Å². The molecule has 120 valence electrons. The maximum atomic E-state index is 11.2. The average molecular weight is 311 g/mol. The van der Waals surface area contributed by atoms with Crippen molar-refractivity contribution in [1.29, 1.82) is 0 Å². The van der Waals surface area contributed by atoms with E-state index < -0.39 is 0 Å². The second-order valence-electron chi connectivity index (χ2n) is 5.68. The molecule has 1 atom stereocenters. The number of thiophene rings is 1. The predicted molar refractivity (Wildman–Crippen MR) is 91.9 cm³/mol. The van der Waals surface area contributed by atoms with Crippen LogP contribution >= 0.6 is 11.3 Å². The second kappa shape index (κ2) is 9.18. The Morgan fingerprint density at radius 3 is 2.52 bits per heavy atom. The molecule has 0 aliphatic carbocycles. The average Bonchev–Trinajstić information content (AvgIpc) is 2.84. The third-order valence-corrected chi connectivity index (χ3v) is 4.87. The largest absolute Gasteiger partial charge is 0.325 e. The zero-order chi connectivity index (χ0) is 15.8. The van der Waals surface area contributed by atoms with Gasteiger partial charge in [0.15, 0.2) is 0 Å². The zero-order valence-electron chi connectivity index (χ0n) is 13.9. The predicted octanol–water partition coefficient (Wildman–Crippen LogP) is 3.16. The highest BCUT2D eigenvalue weighted by Gasteiger charge is 2.20. The Hall–Kier alpha value is -0.910. The molecule has 1 aromatic rings. The summed E-state index contributed by atoms with van der Waals surface area (Å²) in [6.07, 6.45) is 2.41. The van der Waals surface area contributed by atoms with Crippen LogP contribution in [0.2, 0.25) is 0 Å². The molecular weight excluding hydrogens is 282 g/mol. The van der Waals surface area contributed by atoms with Crippen molar-refractivity contribution in [3.63, 3.8) is 0 Å². The maximum Gasteiger partial charge on any atom is 0.221 e. The van der Waals surface area contributed by atoms with Crippen LogP contribution in [0.25, 0.3) is 0 Å². The number of rotatable bonds is 9. The van der Waals surface area contributed by atoms with Crippen LogP contribution in [0.1, 0.15) is 38.5 Å². The quantitative estimate of drug-likeness (QED) is 0.736. The Kier molecular flexibility index (Phi) is 7.93. The fraction of sp³-hybridized carbons (Fsp3) is 0.688. The van der Waals surface area contributed by atoms with Gasteiger partial charge in [0.05, 0.1) is 5.69 Å². The molecular formula is C16H29N3OS. The summed E-state index contributed by atoms with van der Waals surface area (Å²) in [4.78, 5) is 14.7. The minimum atomic E-state index is -0.0159. The fourth-order valence-corrected chi connectivity index (χ4v) is 3.52. The number of carbonyl (C=O) groups is 1. The Morgan fingerprint density at radius 2 is 2.00 bits per heavy atom. The van der Waals surface area contributed by atoms with Crippen molar-refractivity contribution in [2.45, 2.75) is 46.2 Å². The van der Waals surface area contributed by atoms with Crippen LogP contribution in [-0.4, -0.2) is 37.5 Å². The molecule has 5 heteroatoms. The number of nitrogens with zero attached hydrogens (tertiary/aromatic N) is 1. The number of likely N-dealkylation sites (N-methyl/N-ethyl adjacent to an activating group) is 1. The third kappa shape index (κ3) is 5.77. The maximum absolute atomic E-state index is 11.2. The highest BCUT2D eigenvalue weighted by atomic mass is 32.1. The topological polar surface area (TPSA) is 44.4 Å². The highest BCUT2D eigenvalue weighted by Crippen LogP contribution is 2.22. The number of carbonyl (C=O) groups excluding carboxylic acids is 1. The molecule has 1 aromatic heterocycles. The van der Waals surface area contributed by atoms with Crippen LogP contribution in [0.5, 0.6) is 0 Å². The lowest BCUT2D eigenvalue weighted by Gasteiger charge is -2.31. The lowest BCUT2D eigenvalue weighted by Crippen LogP contribution is -2.42. The van der Waals surface area contributed by atoms with Gasteiger partial charge in [-0.3, -0.25) is 4.79 Å². The van der Waals surface area contributed by atoms with Crippen LogP contribution in [-0.2, 0) is 11.3 Å². The fourth-order valence-electron chi connectivity index (χ4n) is 2.72. The van der Waals surface area contributed by atoms with E-state index in [1.807, 2.05) is 11.4 Å². The summed E-state index contributed by atoms with van der Waals surface area (Å²) >= 11 is 1.68. The van der Waals surface area contributed by atoms with Crippen molar-refractivity contribution in [3.05, 3.63) is 16.3 Å². The first-order valence-corrected chi connectivity index (χ1v) is 8.58. The van der Waals surface area contributed by atoms with E-state index >= 15 is 0 Å². The zero-order valence-corrected chi connectivity index (χ0v) is 14.7. The molecule has 21 heavy (non-hydrogen) atoms. The van der Waals surface area contributed by atoms with E-state index in [9.17, 15) is 4.79 Å². The van der Waals surface area contributed by atoms with E-state index in [0.717, 1.165) is 18.8 Å². The van der Waals surface area contributed by atoms with E-state index in [-0.39, 0.29) is 5.91 Å². The summed E-state index contributed by atoms with van der Waals surface area (Å²) in [7, 11) is 4.30. The summed E-state index contributed by atoms with van der Waals surface area (Å²) in [6.45, 7) is 7.84. The first kappa shape index (κ1) is 18.1. The van der Waals surface area contributed by atoms with Gasteiger partial charge in [-0.2, -0.15) is 0 Å². The molecule has 1 rings (SSSR count). The normalized spacial score (nSPS) is 12.9. The van der Waals surface area contributed by atoms with Crippen molar-refractivity contribution < 1.29 is 4.79 Å². The van der Waals surface area contributed by atoms with Crippen molar-refractivity contribution in [2.75, 3.05) is 26.0 Å². The Labute approximate surface area is 132 Å². The Bertz CT molecular complexity index is 427. The third-order valence-electron chi connectivity index (χ3n) is 3.95. The second-order valence-corrected chi connectivity index (χ2v) is 6.68. The molecule has 0 spiro atoms. The summed E-state index contributed by atoms with van der Waals surface area (Å²) in [5.74, 6) is 0.698. The van der Waals surface area contributed by atoms with E-state index in [1.165, 1.54) is 17.7 Å². The van der Waals surface area contributed by atoms with Crippen molar-refractivity contribution in [2.24, 2.45) is 5.92 Å². The van der Waals surface area contributed by atoms with E-state index in [1.54, 1.807) is 18.3 Å². The molecule has 2 N–H and O–H groups in total. The van der Waals surface area contributed by atoms with Gasteiger partial charge in [0.2, 0.25) is 5.91 Å². The van der Waals surface area contributed by atoms with E-state index in [0.29, 0.717) is 12.0 Å². The highest BCUT2D eigenvalue weighted by molar-refractivity contribution is 7.10. The molecule has 0 fully saturated rings. The molecule has 0 bridgehead atoms. The molecule has 1 unspecified atom stereocenters. The molecule has 0 saturated heterocycles. The molecule has 0 aliphatic rings. The van der Waals surface area contributed by atoms with Gasteiger partial charge >= 0.3 is 0 Å². The van der Waals surface area contributed by atoms with Crippen molar-refractivity contribution in [1.82, 2.24) is 10.2 Å². The lowest BCUT2D eigenvalue weighted by atomic mass is 9.93. The monoisotopic (exact) mass is 311 g/mol. The van der Waals surface area contributed by atoms with Crippen LogP contribution in [0, 0.1) is 5.92 Å². The van der Waals surface area contributed by atoms with Gasteiger partial charge in [-0.1, -0.05) is 26.7 Å². The van der Waals surface area contributed by atoms with E-state index in [2.05, 4.69) is 43.5 Å². The van der Waals surface area contributed by atoms with Gasteiger partial charge in [0.25, 0.3) is 0 Å². The number of amides is 1. The van der Waals surface area contributed by atoms with Crippen molar-refractivity contribution >= 4 is 22.9 Å². The molecule has 1 amide bonds. The van der Waals surface area contributed by atoms with Crippen LogP contribution < -0.4 is 10.6 Å². The van der Waals surface area contributed by atoms with E-state index in [4.69, 9.17) is 0 Å². The number of anilines is 1. The van der Waals surface area contributed by atoms with Gasteiger partial charge in [0, 0.05) is 30.9 Å². The number of hydrogen-bond acceptors (Lipinski definition) is 4. The Balaban J connectivity index is 2.54. The van der Waals surface area contributed by atoms with Gasteiger partial charge in [0.1, 0.15) is 0 Å². The first-order valence-electron chi connectivity index (χ1n) is 7.70. The minimum Gasteiger partial charge on any atom is -0.325 e. The van der Waals surface area contributed by atoms with Gasteiger partial charge in [-0.15, -0.1) is 11.3 Å².